The molecule has 1 aromatic carbocycles. The molecule has 0 radical (unpaired) electrons. The van der Waals surface area contributed by atoms with Gasteiger partial charge in [-0.05, 0) is 68.7 Å². The van der Waals surface area contributed by atoms with E-state index in [-0.39, 0.29) is 23.6 Å². The molecule has 0 saturated carbocycles. The van der Waals surface area contributed by atoms with Gasteiger partial charge in [0, 0.05) is 17.5 Å². The summed E-state index contributed by atoms with van der Waals surface area (Å²) in [6.45, 7) is 3.96. The molecule has 1 aromatic heterocycles. The fourth-order valence-electron chi connectivity index (χ4n) is 4.25. The quantitative estimate of drug-likeness (QED) is 0.515. The summed E-state index contributed by atoms with van der Waals surface area (Å²) >= 11 is 1.51. The second-order valence-electron chi connectivity index (χ2n) is 8.11. The van der Waals surface area contributed by atoms with Gasteiger partial charge < -0.3 is 15.7 Å². The van der Waals surface area contributed by atoms with Gasteiger partial charge in [0.15, 0.2) is 0 Å². The van der Waals surface area contributed by atoms with Crippen molar-refractivity contribution in [3.05, 3.63) is 44.8 Å². The SMILES string of the molecule is CNC(=O)c1c(NC(=O)C2CC(c3cc(C)c(C)cc3O)NN2)sc2c1CCCC2. The first-order valence-corrected chi connectivity index (χ1v) is 11.2. The van der Waals surface area contributed by atoms with Crippen LogP contribution in [0, 0.1) is 13.8 Å². The lowest BCUT2D eigenvalue weighted by Crippen LogP contribution is -2.39. The van der Waals surface area contributed by atoms with Gasteiger partial charge in [-0.1, -0.05) is 6.07 Å². The highest BCUT2D eigenvalue weighted by molar-refractivity contribution is 7.17. The lowest BCUT2D eigenvalue weighted by atomic mass is 9.95. The molecule has 0 bridgehead atoms. The molecule has 7 nitrogen and oxygen atoms in total. The molecule has 8 heteroatoms. The van der Waals surface area contributed by atoms with Crippen LogP contribution in [0.25, 0.3) is 0 Å². The number of phenolic OH excluding ortho intramolecular Hbond substituents is 1. The third kappa shape index (κ3) is 3.82. The van der Waals surface area contributed by atoms with E-state index in [0.717, 1.165) is 47.9 Å². The lowest BCUT2D eigenvalue weighted by molar-refractivity contribution is -0.117. The third-order valence-electron chi connectivity index (χ3n) is 6.10. The highest BCUT2D eigenvalue weighted by Crippen LogP contribution is 2.38. The van der Waals surface area contributed by atoms with E-state index in [0.29, 0.717) is 17.0 Å². The van der Waals surface area contributed by atoms with Crippen LogP contribution in [0.5, 0.6) is 5.75 Å². The maximum Gasteiger partial charge on any atom is 0.254 e. The standard InChI is InChI=1S/C22H28N4O3S/c1-11-8-14(17(27)9-12(11)2)15-10-16(26-25-15)20(28)24-22-19(21(29)23-3)13-6-4-5-7-18(13)30-22/h8-9,15-16,25-27H,4-7,10H2,1-3H3,(H,23,29)(H,24,28). The van der Waals surface area contributed by atoms with Gasteiger partial charge in [0.05, 0.1) is 11.6 Å². The van der Waals surface area contributed by atoms with Gasteiger partial charge in [0.1, 0.15) is 16.8 Å². The Labute approximate surface area is 180 Å². The van der Waals surface area contributed by atoms with Crippen LogP contribution in [0.3, 0.4) is 0 Å². The Hall–Kier alpha value is -2.42. The Morgan fingerprint density at radius 1 is 1.13 bits per heavy atom. The van der Waals surface area contributed by atoms with Crippen molar-refractivity contribution in [1.82, 2.24) is 16.2 Å². The van der Waals surface area contributed by atoms with Crippen LogP contribution >= 0.6 is 11.3 Å². The first kappa shape index (κ1) is 20.8. The summed E-state index contributed by atoms with van der Waals surface area (Å²) in [4.78, 5) is 26.7. The average Bonchev–Trinajstić information content (AvgIpc) is 3.35. The minimum absolute atomic E-state index is 0.153. The van der Waals surface area contributed by atoms with E-state index < -0.39 is 6.04 Å². The minimum Gasteiger partial charge on any atom is -0.508 e. The lowest BCUT2D eigenvalue weighted by Gasteiger charge is -2.14. The Bertz CT molecular complexity index is 1000. The second-order valence-corrected chi connectivity index (χ2v) is 9.21. The van der Waals surface area contributed by atoms with E-state index in [1.807, 2.05) is 19.9 Å². The van der Waals surface area contributed by atoms with E-state index in [1.165, 1.54) is 16.2 Å². The zero-order valence-corrected chi connectivity index (χ0v) is 18.3. The average molecular weight is 429 g/mol. The van der Waals surface area contributed by atoms with Gasteiger partial charge in [0.25, 0.3) is 5.91 Å². The van der Waals surface area contributed by atoms with E-state index >= 15 is 0 Å². The summed E-state index contributed by atoms with van der Waals surface area (Å²) in [5, 5.41) is 16.7. The number of carbonyl (C=O) groups is 2. The van der Waals surface area contributed by atoms with Crippen molar-refractivity contribution in [3.8, 4) is 5.75 Å². The summed E-state index contributed by atoms with van der Waals surface area (Å²) in [6, 6.07) is 3.08. The number of phenols is 1. The summed E-state index contributed by atoms with van der Waals surface area (Å²) in [5.41, 5.74) is 10.8. The molecule has 1 aliphatic carbocycles. The molecule has 30 heavy (non-hydrogen) atoms. The van der Waals surface area contributed by atoms with Crippen molar-refractivity contribution in [2.45, 2.75) is 58.0 Å². The smallest absolute Gasteiger partial charge is 0.254 e. The van der Waals surface area contributed by atoms with Crippen molar-refractivity contribution >= 4 is 28.2 Å². The molecule has 4 rings (SSSR count). The number of rotatable bonds is 4. The zero-order chi connectivity index (χ0) is 21.4. The van der Waals surface area contributed by atoms with E-state index in [4.69, 9.17) is 0 Å². The number of aryl methyl sites for hydroxylation is 3. The molecule has 160 valence electrons. The van der Waals surface area contributed by atoms with Crippen molar-refractivity contribution < 1.29 is 14.7 Å². The molecule has 2 heterocycles. The number of amides is 2. The molecule has 1 saturated heterocycles. The number of hydrazine groups is 1. The van der Waals surface area contributed by atoms with Gasteiger partial charge in [-0.3, -0.25) is 9.59 Å². The largest absolute Gasteiger partial charge is 0.508 e. The number of nitrogens with one attached hydrogen (secondary N) is 4. The summed E-state index contributed by atoms with van der Waals surface area (Å²) in [5.74, 6) is -0.108. The van der Waals surface area contributed by atoms with Gasteiger partial charge in [0.2, 0.25) is 5.91 Å². The first-order chi connectivity index (χ1) is 14.4. The van der Waals surface area contributed by atoms with E-state index in [9.17, 15) is 14.7 Å². The molecule has 2 unspecified atom stereocenters. The van der Waals surface area contributed by atoms with Crippen molar-refractivity contribution in [2.75, 3.05) is 12.4 Å². The van der Waals surface area contributed by atoms with Gasteiger partial charge >= 0.3 is 0 Å². The Morgan fingerprint density at radius 2 is 1.87 bits per heavy atom. The molecule has 2 aromatic rings. The summed E-state index contributed by atoms with van der Waals surface area (Å²) < 4.78 is 0. The van der Waals surface area contributed by atoms with Crippen LogP contribution in [0.4, 0.5) is 5.00 Å². The molecule has 2 aliphatic rings. The predicted octanol–water partition coefficient (Wildman–Crippen LogP) is 2.86. The van der Waals surface area contributed by atoms with Crippen LogP contribution < -0.4 is 21.5 Å². The van der Waals surface area contributed by atoms with Crippen LogP contribution in [0.1, 0.15) is 62.8 Å². The van der Waals surface area contributed by atoms with Gasteiger partial charge in [-0.25, -0.2) is 10.9 Å². The number of fused-ring (bicyclic) bond motifs is 1. The fraction of sp³-hybridized carbons (Fsp3) is 0.455. The second kappa shape index (κ2) is 8.37. The topological polar surface area (TPSA) is 102 Å². The number of benzene rings is 1. The van der Waals surface area contributed by atoms with Crippen molar-refractivity contribution in [2.24, 2.45) is 0 Å². The van der Waals surface area contributed by atoms with Crippen molar-refractivity contribution in [3.63, 3.8) is 0 Å². The normalized spacial score (nSPS) is 20.6. The van der Waals surface area contributed by atoms with Crippen LogP contribution in [-0.2, 0) is 17.6 Å². The third-order valence-corrected chi connectivity index (χ3v) is 7.31. The number of carbonyl (C=O) groups excluding carboxylic acids is 2. The highest BCUT2D eigenvalue weighted by atomic mass is 32.1. The molecule has 0 spiro atoms. The van der Waals surface area contributed by atoms with E-state index in [1.54, 1.807) is 13.1 Å². The number of thiophene rings is 1. The minimum atomic E-state index is -0.465. The summed E-state index contributed by atoms with van der Waals surface area (Å²) in [6.07, 6.45) is 4.51. The summed E-state index contributed by atoms with van der Waals surface area (Å²) in [7, 11) is 1.61. The number of hydrogen-bond acceptors (Lipinski definition) is 6. The molecule has 1 fully saturated rings. The number of aromatic hydroxyl groups is 1. The van der Waals surface area contributed by atoms with Crippen molar-refractivity contribution in [1.29, 1.82) is 0 Å². The highest BCUT2D eigenvalue weighted by Gasteiger charge is 2.33. The van der Waals surface area contributed by atoms with Crippen LogP contribution in [-0.4, -0.2) is 30.0 Å². The molecular formula is C22H28N4O3S. The van der Waals surface area contributed by atoms with Gasteiger partial charge in [-0.2, -0.15) is 0 Å². The molecule has 2 atom stereocenters. The maximum absolute atomic E-state index is 13.0. The fourth-order valence-corrected chi connectivity index (χ4v) is 5.54. The number of anilines is 1. The Kier molecular flexibility index (Phi) is 5.81. The predicted molar refractivity (Wildman–Crippen MR) is 118 cm³/mol. The maximum atomic E-state index is 13.0. The van der Waals surface area contributed by atoms with Crippen LogP contribution in [0.2, 0.25) is 0 Å². The monoisotopic (exact) mass is 428 g/mol. The van der Waals surface area contributed by atoms with Gasteiger partial charge in [-0.15, -0.1) is 11.3 Å². The molecule has 2 amide bonds. The first-order valence-electron chi connectivity index (χ1n) is 10.4. The molecular weight excluding hydrogens is 400 g/mol. The zero-order valence-electron chi connectivity index (χ0n) is 17.5. The Morgan fingerprint density at radius 3 is 2.63 bits per heavy atom. The van der Waals surface area contributed by atoms with Crippen LogP contribution in [0.15, 0.2) is 12.1 Å². The molecule has 5 N–H and O–H groups in total. The molecule has 1 aliphatic heterocycles. The van der Waals surface area contributed by atoms with E-state index in [2.05, 4.69) is 21.5 Å². The number of hydrogen-bond donors (Lipinski definition) is 5. The Balaban J connectivity index is 1.51.